The molecule has 0 atom stereocenters. The average Bonchev–Trinajstić information content (AvgIpc) is 2.63. The van der Waals surface area contributed by atoms with E-state index in [4.69, 9.17) is 4.74 Å². The van der Waals surface area contributed by atoms with Crippen molar-refractivity contribution in [2.45, 2.75) is 20.4 Å². The quantitative estimate of drug-likeness (QED) is 0.469. The van der Waals surface area contributed by atoms with Crippen molar-refractivity contribution in [2.75, 3.05) is 13.7 Å². The van der Waals surface area contributed by atoms with E-state index in [0.29, 0.717) is 5.56 Å². The number of hydrogen-bond acceptors (Lipinski definition) is 8. The third-order valence-corrected chi connectivity index (χ3v) is 3.94. The Morgan fingerprint density at radius 1 is 1.37 bits per heavy atom. The number of nitriles is 1. The van der Waals surface area contributed by atoms with E-state index in [2.05, 4.69) is 10.2 Å². The van der Waals surface area contributed by atoms with Gasteiger partial charge in [-0.15, -0.1) is 5.11 Å². The molecule has 1 heterocycles. The van der Waals surface area contributed by atoms with E-state index in [1.807, 2.05) is 6.07 Å². The Kier molecular flexibility index (Phi) is 5.99. The van der Waals surface area contributed by atoms with Gasteiger partial charge in [0.2, 0.25) is 5.88 Å². The predicted octanol–water partition coefficient (Wildman–Crippen LogP) is 3.01. The summed E-state index contributed by atoms with van der Waals surface area (Å²) in [6, 6.07) is 6.12. The van der Waals surface area contributed by atoms with Crippen LogP contribution in [0.3, 0.4) is 0 Å². The number of pyridine rings is 1. The molecular formula is C17H17N5O5. The molecule has 0 saturated carbocycles. The van der Waals surface area contributed by atoms with Gasteiger partial charge in [-0.05, 0) is 19.9 Å². The fraction of sp³-hybridized carbons (Fsp3) is 0.294. The highest BCUT2D eigenvalue weighted by Crippen LogP contribution is 2.28. The maximum atomic E-state index is 12.6. The average molecular weight is 371 g/mol. The summed E-state index contributed by atoms with van der Waals surface area (Å²) in [6.07, 6.45) is 0. The van der Waals surface area contributed by atoms with Crippen molar-refractivity contribution in [3.05, 3.63) is 55.4 Å². The molecule has 2 aromatic rings. The fourth-order valence-electron chi connectivity index (χ4n) is 2.41. The number of rotatable bonds is 6. The van der Waals surface area contributed by atoms with Crippen LogP contribution in [0.2, 0.25) is 0 Å². The Balaban J connectivity index is 2.57. The number of ether oxygens (including phenoxy) is 1. The van der Waals surface area contributed by atoms with Crippen molar-refractivity contribution < 1.29 is 14.8 Å². The number of aryl methyl sites for hydroxylation is 1. The second-order valence-electron chi connectivity index (χ2n) is 5.66. The largest absolute Gasteiger partial charge is 0.493 e. The minimum atomic E-state index is -0.647. The maximum absolute atomic E-state index is 12.6. The summed E-state index contributed by atoms with van der Waals surface area (Å²) in [5.41, 5.74) is -0.192. The van der Waals surface area contributed by atoms with Crippen LogP contribution in [-0.2, 0) is 11.3 Å². The van der Waals surface area contributed by atoms with E-state index < -0.39 is 16.4 Å². The molecule has 1 aromatic carbocycles. The molecule has 0 aliphatic rings. The second kappa shape index (κ2) is 8.20. The van der Waals surface area contributed by atoms with Gasteiger partial charge in [-0.2, -0.15) is 10.4 Å². The summed E-state index contributed by atoms with van der Waals surface area (Å²) in [5.74, 6) is -0.470. The molecule has 0 bridgehead atoms. The fourth-order valence-corrected chi connectivity index (χ4v) is 2.41. The van der Waals surface area contributed by atoms with Crippen LogP contribution in [0.15, 0.2) is 33.2 Å². The van der Waals surface area contributed by atoms with Crippen LogP contribution >= 0.6 is 0 Å². The Bertz CT molecular complexity index is 1020. The van der Waals surface area contributed by atoms with Crippen molar-refractivity contribution in [1.82, 2.24) is 4.57 Å². The summed E-state index contributed by atoms with van der Waals surface area (Å²) in [4.78, 5) is 23.1. The first-order valence-corrected chi connectivity index (χ1v) is 7.84. The molecule has 1 aromatic heterocycles. The molecule has 140 valence electrons. The molecule has 0 fully saturated rings. The zero-order valence-corrected chi connectivity index (χ0v) is 15.0. The van der Waals surface area contributed by atoms with Gasteiger partial charge in [-0.25, -0.2) is 0 Å². The zero-order chi connectivity index (χ0) is 20.1. The lowest BCUT2D eigenvalue weighted by Gasteiger charge is -2.12. The lowest BCUT2D eigenvalue weighted by atomic mass is 10.1. The Hall–Kier alpha value is -3.58. The molecule has 0 unspecified atom stereocenters. The lowest BCUT2D eigenvalue weighted by molar-refractivity contribution is -0.385. The van der Waals surface area contributed by atoms with Crippen LogP contribution in [-0.4, -0.2) is 28.3 Å². The van der Waals surface area contributed by atoms with Gasteiger partial charge in [0.25, 0.3) is 11.2 Å². The van der Waals surface area contributed by atoms with Crippen LogP contribution in [0, 0.1) is 35.3 Å². The maximum Gasteiger partial charge on any atom is 0.281 e. The summed E-state index contributed by atoms with van der Waals surface area (Å²) in [5, 5.41) is 38.2. The molecule has 10 heteroatoms. The van der Waals surface area contributed by atoms with E-state index in [-0.39, 0.29) is 41.3 Å². The molecule has 0 amide bonds. The molecular weight excluding hydrogens is 354 g/mol. The molecule has 1 N–H and O–H groups in total. The first kappa shape index (κ1) is 19.7. The normalized spacial score (nSPS) is 10.9. The van der Waals surface area contributed by atoms with Gasteiger partial charge in [-0.3, -0.25) is 19.5 Å². The zero-order valence-electron chi connectivity index (χ0n) is 15.0. The number of benzene rings is 1. The van der Waals surface area contributed by atoms with Gasteiger partial charge < -0.3 is 9.84 Å². The van der Waals surface area contributed by atoms with Gasteiger partial charge >= 0.3 is 0 Å². The standard InChI is InChI=1S/C17H17N5O5/c1-10-4-5-12(8-14(10)22(25)26)19-20-15-11(2)13(9-18)16(23)21(17(15)24)6-7-27-3/h4-5,8,23H,6-7H2,1-3H3. The van der Waals surface area contributed by atoms with Crippen molar-refractivity contribution >= 4 is 17.1 Å². The molecule has 0 radical (unpaired) electrons. The summed E-state index contributed by atoms with van der Waals surface area (Å²) in [6.45, 7) is 3.22. The number of azo groups is 1. The van der Waals surface area contributed by atoms with Gasteiger partial charge in [0.15, 0.2) is 5.69 Å². The summed E-state index contributed by atoms with van der Waals surface area (Å²) >= 11 is 0. The van der Waals surface area contributed by atoms with Crippen molar-refractivity contribution in [3.8, 4) is 11.9 Å². The van der Waals surface area contributed by atoms with E-state index in [0.717, 1.165) is 4.57 Å². The van der Waals surface area contributed by atoms with Crippen LogP contribution < -0.4 is 5.56 Å². The monoisotopic (exact) mass is 371 g/mol. The van der Waals surface area contributed by atoms with E-state index >= 15 is 0 Å². The SMILES string of the molecule is COCCn1c(O)c(C#N)c(C)c(N=Nc2ccc(C)c([N+](=O)[O-])c2)c1=O. The number of methoxy groups -OCH3 is 1. The van der Waals surface area contributed by atoms with Crippen LogP contribution in [0.1, 0.15) is 16.7 Å². The third kappa shape index (κ3) is 3.99. The molecule has 0 spiro atoms. The number of aromatic hydroxyl groups is 1. The topological polar surface area (TPSA) is 143 Å². The first-order chi connectivity index (χ1) is 12.8. The van der Waals surface area contributed by atoms with E-state index in [1.54, 1.807) is 6.92 Å². The highest BCUT2D eigenvalue weighted by atomic mass is 16.6. The number of nitro groups is 1. The molecule has 27 heavy (non-hydrogen) atoms. The highest BCUT2D eigenvalue weighted by Gasteiger charge is 2.19. The molecule has 0 aliphatic carbocycles. The molecule has 2 rings (SSSR count). The lowest BCUT2D eigenvalue weighted by Crippen LogP contribution is -2.23. The highest BCUT2D eigenvalue weighted by molar-refractivity contribution is 5.57. The van der Waals surface area contributed by atoms with Crippen LogP contribution in [0.25, 0.3) is 0 Å². The second-order valence-corrected chi connectivity index (χ2v) is 5.66. The van der Waals surface area contributed by atoms with Gasteiger partial charge in [0, 0.05) is 24.3 Å². The van der Waals surface area contributed by atoms with Crippen LogP contribution in [0.5, 0.6) is 5.88 Å². The van der Waals surface area contributed by atoms with Crippen LogP contribution in [0.4, 0.5) is 17.1 Å². The summed E-state index contributed by atoms with van der Waals surface area (Å²) in [7, 11) is 1.44. The van der Waals surface area contributed by atoms with Crippen molar-refractivity contribution in [2.24, 2.45) is 10.2 Å². The van der Waals surface area contributed by atoms with Crippen molar-refractivity contribution in [3.63, 3.8) is 0 Å². The minimum absolute atomic E-state index is 0.0225. The third-order valence-electron chi connectivity index (χ3n) is 3.94. The predicted molar refractivity (Wildman–Crippen MR) is 95.7 cm³/mol. The van der Waals surface area contributed by atoms with Gasteiger partial charge in [-0.1, -0.05) is 6.07 Å². The Morgan fingerprint density at radius 2 is 2.07 bits per heavy atom. The van der Waals surface area contributed by atoms with E-state index in [9.17, 15) is 25.3 Å². The number of nitrogens with zero attached hydrogens (tertiary/aromatic N) is 5. The minimum Gasteiger partial charge on any atom is -0.493 e. The molecule has 0 saturated heterocycles. The molecule has 0 aliphatic heterocycles. The number of nitro benzene ring substituents is 1. The number of hydrogen-bond donors (Lipinski definition) is 1. The van der Waals surface area contributed by atoms with E-state index in [1.165, 1.54) is 32.2 Å². The van der Waals surface area contributed by atoms with Gasteiger partial charge in [0.05, 0.1) is 23.8 Å². The summed E-state index contributed by atoms with van der Waals surface area (Å²) < 4.78 is 5.88. The molecule has 10 nitrogen and oxygen atoms in total. The smallest absolute Gasteiger partial charge is 0.281 e. The Labute approximate surface area is 154 Å². The Morgan fingerprint density at radius 3 is 2.67 bits per heavy atom. The first-order valence-electron chi connectivity index (χ1n) is 7.84. The van der Waals surface area contributed by atoms with Crippen molar-refractivity contribution in [1.29, 1.82) is 5.26 Å². The van der Waals surface area contributed by atoms with Gasteiger partial charge in [0.1, 0.15) is 11.6 Å². The number of aromatic nitrogens is 1.